The Hall–Kier alpha value is -1.96. The Morgan fingerprint density at radius 3 is 2.58 bits per heavy atom. The third kappa shape index (κ3) is 5.27. The highest BCUT2D eigenvalue weighted by atomic mass is 19.4. The molecule has 26 heavy (non-hydrogen) atoms. The number of carbonyl (C=O) groups excluding carboxylic acids is 1. The molecule has 1 atom stereocenters. The fraction of sp³-hybridized carbons (Fsp3) is 0.611. The normalized spacial score (nSPS) is 18.8. The number of nitrogens with zero attached hydrogens (tertiary/aromatic N) is 2. The van der Waals surface area contributed by atoms with Gasteiger partial charge in [-0.1, -0.05) is 6.07 Å². The molecule has 0 saturated carbocycles. The lowest BCUT2D eigenvalue weighted by atomic mass is 10.1. The molecule has 1 heterocycles. The number of benzene rings is 1. The van der Waals surface area contributed by atoms with E-state index in [9.17, 15) is 18.0 Å². The third-order valence-corrected chi connectivity index (χ3v) is 4.31. The molecule has 146 valence electrons. The first-order valence-electron chi connectivity index (χ1n) is 8.50. The second-order valence-corrected chi connectivity index (χ2v) is 7.68. The molecule has 1 fully saturated rings. The van der Waals surface area contributed by atoms with Gasteiger partial charge >= 0.3 is 12.3 Å². The van der Waals surface area contributed by atoms with E-state index in [1.807, 2.05) is 4.90 Å². The van der Waals surface area contributed by atoms with E-state index in [4.69, 9.17) is 10.5 Å². The molecular weight excluding hydrogens is 347 g/mol. The molecule has 1 saturated heterocycles. The molecular formula is C18H26F3N3O2. The van der Waals surface area contributed by atoms with Crippen molar-refractivity contribution < 1.29 is 22.7 Å². The second kappa shape index (κ2) is 7.34. The van der Waals surface area contributed by atoms with Crippen molar-refractivity contribution in [2.24, 2.45) is 0 Å². The molecule has 0 unspecified atom stereocenters. The minimum atomic E-state index is -4.45. The molecule has 8 heteroatoms. The molecule has 0 bridgehead atoms. The number of likely N-dealkylation sites (tertiary alicyclic amines) is 1. The number of rotatable bonds is 3. The Kier molecular flexibility index (Phi) is 5.75. The summed E-state index contributed by atoms with van der Waals surface area (Å²) in [7, 11) is 1.66. The Balaban J connectivity index is 2.03. The monoisotopic (exact) mass is 373 g/mol. The van der Waals surface area contributed by atoms with Gasteiger partial charge in [0.25, 0.3) is 0 Å². The number of hydrogen-bond donors (Lipinski definition) is 1. The van der Waals surface area contributed by atoms with Crippen LogP contribution < -0.4 is 5.73 Å². The van der Waals surface area contributed by atoms with Crippen LogP contribution in [0.2, 0.25) is 0 Å². The van der Waals surface area contributed by atoms with E-state index in [-0.39, 0.29) is 23.8 Å². The van der Waals surface area contributed by atoms with Gasteiger partial charge in [-0.2, -0.15) is 13.2 Å². The average molecular weight is 373 g/mol. The molecule has 2 rings (SSSR count). The fourth-order valence-corrected chi connectivity index (χ4v) is 2.99. The molecule has 0 aromatic heterocycles. The molecule has 0 aliphatic carbocycles. The van der Waals surface area contributed by atoms with Gasteiger partial charge in [-0.15, -0.1) is 0 Å². The maximum Gasteiger partial charge on any atom is 0.416 e. The van der Waals surface area contributed by atoms with E-state index in [1.54, 1.807) is 27.8 Å². The van der Waals surface area contributed by atoms with Gasteiger partial charge in [0.2, 0.25) is 0 Å². The predicted molar refractivity (Wildman–Crippen MR) is 93.5 cm³/mol. The van der Waals surface area contributed by atoms with E-state index in [0.717, 1.165) is 6.07 Å². The lowest BCUT2D eigenvalue weighted by Crippen LogP contribution is -2.42. The topological polar surface area (TPSA) is 58.8 Å². The van der Waals surface area contributed by atoms with Crippen LogP contribution in [-0.4, -0.2) is 47.7 Å². The van der Waals surface area contributed by atoms with Crippen molar-refractivity contribution in [2.75, 3.05) is 25.9 Å². The number of carbonyl (C=O) groups is 1. The van der Waals surface area contributed by atoms with E-state index < -0.39 is 23.4 Å². The number of halogens is 3. The van der Waals surface area contributed by atoms with Crippen LogP contribution in [0, 0.1) is 0 Å². The van der Waals surface area contributed by atoms with Gasteiger partial charge in [-0.25, -0.2) is 4.79 Å². The summed E-state index contributed by atoms with van der Waals surface area (Å²) in [5.74, 6) is 0. The van der Waals surface area contributed by atoms with Crippen LogP contribution in [0.25, 0.3) is 0 Å². The lowest BCUT2D eigenvalue weighted by molar-refractivity contribution is -0.138. The zero-order valence-corrected chi connectivity index (χ0v) is 15.6. The van der Waals surface area contributed by atoms with Crippen LogP contribution in [-0.2, 0) is 17.5 Å². The number of anilines is 1. The van der Waals surface area contributed by atoms with Gasteiger partial charge in [0.1, 0.15) is 5.60 Å². The second-order valence-electron chi connectivity index (χ2n) is 7.68. The molecule has 0 radical (unpaired) electrons. The van der Waals surface area contributed by atoms with Gasteiger partial charge in [0.15, 0.2) is 0 Å². The fourth-order valence-electron chi connectivity index (χ4n) is 2.99. The molecule has 1 aromatic rings. The first-order valence-corrected chi connectivity index (χ1v) is 8.50. The van der Waals surface area contributed by atoms with Crippen molar-refractivity contribution in [3.8, 4) is 0 Å². The highest BCUT2D eigenvalue weighted by Gasteiger charge is 2.35. The van der Waals surface area contributed by atoms with Crippen LogP contribution in [0.4, 0.5) is 23.7 Å². The van der Waals surface area contributed by atoms with Crippen LogP contribution in [0.1, 0.15) is 38.3 Å². The summed E-state index contributed by atoms with van der Waals surface area (Å²) >= 11 is 0. The van der Waals surface area contributed by atoms with Crippen LogP contribution in [0.3, 0.4) is 0 Å². The highest BCUT2D eigenvalue weighted by molar-refractivity contribution is 5.68. The first-order chi connectivity index (χ1) is 11.9. The summed E-state index contributed by atoms with van der Waals surface area (Å²) in [6.45, 7) is 6.64. The van der Waals surface area contributed by atoms with E-state index in [1.165, 1.54) is 17.0 Å². The van der Waals surface area contributed by atoms with Crippen molar-refractivity contribution in [1.82, 2.24) is 9.80 Å². The minimum absolute atomic E-state index is 0.0880. The molecule has 0 spiro atoms. The van der Waals surface area contributed by atoms with Crippen LogP contribution >= 0.6 is 0 Å². The number of hydrogen-bond acceptors (Lipinski definition) is 4. The van der Waals surface area contributed by atoms with E-state index in [0.29, 0.717) is 19.5 Å². The van der Waals surface area contributed by atoms with Crippen molar-refractivity contribution >= 4 is 11.8 Å². The van der Waals surface area contributed by atoms with Gasteiger partial charge in [-0.3, -0.25) is 4.90 Å². The number of amides is 1. The zero-order valence-electron chi connectivity index (χ0n) is 15.6. The summed E-state index contributed by atoms with van der Waals surface area (Å²) in [6, 6.07) is 3.77. The molecule has 1 aliphatic heterocycles. The summed E-state index contributed by atoms with van der Waals surface area (Å²) in [4.78, 5) is 15.6. The van der Waals surface area contributed by atoms with Crippen LogP contribution in [0.15, 0.2) is 18.2 Å². The quantitative estimate of drug-likeness (QED) is 0.821. The number of ether oxygens (including phenoxy) is 1. The maximum absolute atomic E-state index is 13.2. The van der Waals surface area contributed by atoms with Gasteiger partial charge in [-0.05, 0) is 44.9 Å². The Morgan fingerprint density at radius 1 is 1.35 bits per heavy atom. The van der Waals surface area contributed by atoms with Crippen LogP contribution in [0.5, 0.6) is 0 Å². The number of nitrogen functional groups attached to an aromatic ring is 1. The summed E-state index contributed by atoms with van der Waals surface area (Å²) in [5, 5.41) is 0. The maximum atomic E-state index is 13.2. The Bertz CT molecular complexity index is 656. The summed E-state index contributed by atoms with van der Waals surface area (Å²) in [5.41, 5.74) is 4.49. The Morgan fingerprint density at radius 2 is 2.00 bits per heavy atom. The van der Waals surface area contributed by atoms with Crippen molar-refractivity contribution in [1.29, 1.82) is 0 Å². The number of alkyl halides is 3. The molecule has 1 amide bonds. The standard InChI is InChI=1S/C18H26F3N3O2/c1-17(2,3)26-16(25)23(4)14-7-8-24(11-14)10-12-5-6-13(22)9-15(12)18(19,20)21/h5-6,9,14H,7-8,10-11,22H2,1-4H3/t14-/m0/s1. The smallest absolute Gasteiger partial charge is 0.416 e. The minimum Gasteiger partial charge on any atom is -0.444 e. The Labute approximate surface area is 151 Å². The number of nitrogens with two attached hydrogens (primary N) is 1. The molecule has 2 N–H and O–H groups in total. The average Bonchev–Trinajstić information content (AvgIpc) is 2.94. The highest BCUT2D eigenvalue weighted by Crippen LogP contribution is 2.34. The van der Waals surface area contributed by atoms with E-state index >= 15 is 0 Å². The molecule has 1 aromatic carbocycles. The zero-order chi connectivity index (χ0) is 19.7. The number of likely N-dealkylation sites (N-methyl/N-ethyl adjacent to an activating group) is 1. The largest absolute Gasteiger partial charge is 0.444 e. The van der Waals surface area contributed by atoms with Crippen molar-refractivity contribution in [3.63, 3.8) is 0 Å². The summed E-state index contributed by atoms with van der Waals surface area (Å²) in [6.07, 6.45) is -4.18. The van der Waals surface area contributed by atoms with Crippen molar-refractivity contribution in [3.05, 3.63) is 29.3 Å². The molecule has 5 nitrogen and oxygen atoms in total. The lowest BCUT2D eigenvalue weighted by Gasteiger charge is -2.28. The van der Waals surface area contributed by atoms with Crippen molar-refractivity contribution in [2.45, 2.75) is 51.6 Å². The van der Waals surface area contributed by atoms with Gasteiger partial charge < -0.3 is 15.4 Å². The van der Waals surface area contributed by atoms with Gasteiger partial charge in [0, 0.05) is 38.4 Å². The first kappa shape index (κ1) is 20.4. The third-order valence-electron chi connectivity index (χ3n) is 4.31. The molecule has 1 aliphatic rings. The predicted octanol–water partition coefficient (Wildman–Crippen LogP) is 3.73. The summed E-state index contributed by atoms with van der Waals surface area (Å²) < 4.78 is 45.0. The van der Waals surface area contributed by atoms with E-state index in [2.05, 4.69) is 0 Å². The SMILES string of the molecule is CN(C(=O)OC(C)(C)C)[C@H]1CCN(Cc2ccc(N)cc2C(F)(F)F)C1. The van der Waals surface area contributed by atoms with Gasteiger partial charge in [0.05, 0.1) is 5.56 Å².